The number of para-hydroxylation sites is 3. The second kappa shape index (κ2) is 11.8. The zero-order valence-corrected chi connectivity index (χ0v) is 27.7. The van der Waals surface area contributed by atoms with E-state index in [1.807, 2.05) is 0 Å². The summed E-state index contributed by atoms with van der Waals surface area (Å²) in [6, 6.07) is 50.5. The van der Waals surface area contributed by atoms with Gasteiger partial charge in [0.1, 0.15) is 11.2 Å². The summed E-state index contributed by atoms with van der Waals surface area (Å²) in [6.07, 6.45) is 16.0. The third kappa shape index (κ3) is 4.79. The molecule has 6 aromatic carbocycles. The Balaban J connectivity index is 1.12. The van der Waals surface area contributed by atoms with Crippen LogP contribution in [-0.2, 0) is 0 Å². The number of fused-ring (bicyclic) bond motifs is 6. The standard InChI is InChI=1S/C48H35NO/c1-4-13-32(14-5-1)36-27-37(33-15-6-2-7-16-33)29-38(28-36)34-23-25-46-43(30-34)44-31-35(24-26-47(44)50-46)40-20-12-21-42-41-19-10-11-22-45(41)49(48(40)42)39-17-8-3-9-18-39/h1-15,17-28,30-31,33,38H,16,29H2. The molecule has 0 fully saturated rings. The monoisotopic (exact) mass is 641 g/mol. The van der Waals surface area contributed by atoms with Crippen molar-refractivity contribution >= 4 is 49.3 Å². The molecule has 2 aliphatic carbocycles. The molecule has 0 amide bonds. The maximum absolute atomic E-state index is 6.47. The van der Waals surface area contributed by atoms with Crippen LogP contribution in [0.5, 0.6) is 0 Å². The number of hydrogen-bond donors (Lipinski definition) is 0. The van der Waals surface area contributed by atoms with Crippen molar-refractivity contribution in [3.63, 3.8) is 0 Å². The summed E-state index contributed by atoms with van der Waals surface area (Å²) >= 11 is 0. The minimum atomic E-state index is 0.275. The lowest BCUT2D eigenvalue weighted by Gasteiger charge is -2.27. The second-order valence-corrected chi connectivity index (χ2v) is 13.6. The van der Waals surface area contributed by atoms with Crippen LogP contribution in [0.2, 0.25) is 0 Å². The number of hydrogen-bond acceptors (Lipinski definition) is 1. The Labute approximate surface area is 291 Å². The van der Waals surface area contributed by atoms with E-state index in [0.29, 0.717) is 5.92 Å². The quantitative estimate of drug-likeness (QED) is 0.183. The van der Waals surface area contributed by atoms with Crippen molar-refractivity contribution in [2.45, 2.75) is 18.8 Å². The summed E-state index contributed by atoms with van der Waals surface area (Å²) in [7, 11) is 0. The Morgan fingerprint density at radius 1 is 0.580 bits per heavy atom. The summed E-state index contributed by atoms with van der Waals surface area (Å²) in [6.45, 7) is 0. The van der Waals surface area contributed by atoms with Crippen LogP contribution in [0, 0.1) is 5.92 Å². The highest BCUT2D eigenvalue weighted by Gasteiger charge is 2.24. The molecular formula is C48H35NO. The summed E-state index contributed by atoms with van der Waals surface area (Å²) in [4.78, 5) is 0. The topological polar surface area (TPSA) is 18.1 Å². The lowest BCUT2D eigenvalue weighted by molar-refractivity contribution is 0.666. The summed E-state index contributed by atoms with van der Waals surface area (Å²) < 4.78 is 8.89. The summed E-state index contributed by atoms with van der Waals surface area (Å²) in [5, 5.41) is 4.84. The molecule has 2 aromatic heterocycles. The van der Waals surface area contributed by atoms with Crippen LogP contribution in [0.4, 0.5) is 0 Å². The zero-order chi connectivity index (χ0) is 33.0. The van der Waals surface area contributed by atoms with Crippen LogP contribution in [0.1, 0.15) is 29.9 Å². The fourth-order valence-corrected chi connectivity index (χ4v) is 8.26. The lowest BCUT2D eigenvalue weighted by Crippen LogP contribution is -2.10. The van der Waals surface area contributed by atoms with Crippen LogP contribution >= 0.6 is 0 Å². The Bertz CT molecular complexity index is 2700. The first-order valence-corrected chi connectivity index (χ1v) is 17.6. The minimum Gasteiger partial charge on any atom is -0.456 e. The largest absolute Gasteiger partial charge is 0.456 e. The Morgan fingerprint density at radius 3 is 2.18 bits per heavy atom. The highest BCUT2D eigenvalue weighted by molar-refractivity contribution is 6.15. The predicted octanol–water partition coefficient (Wildman–Crippen LogP) is 13.0. The van der Waals surface area contributed by atoms with Gasteiger partial charge in [-0.3, -0.25) is 0 Å². The fraction of sp³-hybridized carbons (Fsp3) is 0.0833. The fourth-order valence-electron chi connectivity index (χ4n) is 8.26. The SMILES string of the molecule is C1=CCC(C2=CC(c3ccccc3)=CC(c3ccc4oc5ccc(-c6cccc7c8ccccc8n(-c8ccccc8)c67)cc5c4c3)C2)C=C1. The molecule has 2 heteroatoms. The average molecular weight is 642 g/mol. The Hall–Kier alpha value is -6.12. The molecule has 2 aliphatic rings. The molecule has 0 N–H and O–H groups in total. The van der Waals surface area contributed by atoms with Gasteiger partial charge in [0.2, 0.25) is 0 Å². The van der Waals surface area contributed by atoms with E-state index in [0.717, 1.165) is 35.1 Å². The van der Waals surface area contributed by atoms with Gasteiger partial charge in [-0.2, -0.15) is 0 Å². The summed E-state index contributed by atoms with van der Waals surface area (Å²) in [5.74, 6) is 0.711. The van der Waals surface area contributed by atoms with Gasteiger partial charge >= 0.3 is 0 Å². The van der Waals surface area contributed by atoms with Gasteiger partial charge < -0.3 is 8.98 Å². The minimum absolute atomic E-state index is 0.275. The molecule has 0 aliphatic heterocycles. The third-order valence-electron chi connectivity index (χ3n) is 10.7. The number of benzene rings is 6. The van der Waals surface area contributed by atoms with Gasteiger partial charge in [-0.05, 0) is 77.6 Å². The molecular weight excluding hydrogens is 607 g/mol. The van der Waals surface area contributed by atoms with E-state index < -0.39 is 0 Å². The van der Waals surface area contributed by atoms with E-state index in [1.165, 1.54) is 60.6 Å². The van der Waals surface area contributed by atoms with Gasteiger partial charge in [0.15, 0.2) is 0 Å². The van der Waals surface area contributed by atoms with Gasteiger partial charge in [-0.1, -0.05) is 139 Å². The Morgan fingerprint density at radius 2 is 1.34 bits per heavy atom. The van der Waals surface area contributed by atoms with Crippen molar-refractivity contribution in [3.8, 4) is 16.8 Å². The van der Waals surface area contributed by atoms with Crippen molar-refractivity contribution < 1.29 is 4.42 Å². The molecule has 10 rings (SSSR count). The Kier molecular flexibility index (Phi) is 6.80. The van der Waals surface area contributed by atoms with Gasteiger partial charge in [-0.25, -0.2) is 0 Å². The highest BCUT2D eigenvalue weighted by atomic mass is 16.3. The van der Waals surface area contributed by atoms with Crippen molar-refractivity contribution in [2.75, 3.05) is 0 Å². The number of allylic oxidation sites excluding steroid dienone is 8. The molecule has 2 atom stereocenters. The lowest BCUT2D eigenvalue weighted by atomic mass is 9.77. The van der Waals surface area contributed by atoms with Crippen LogP contribution < -0.4 is 0 Å². The maximum atomic E-state index is 6.47. The van der Waals surface area contributed by atoms with E-state index in [1.54, 1.807) is 0 Å². The van der Waals surface area contributed by atoms with Crippen molar-refractivity contribution in [3.05, 3.63) is 193 Å². The van der Waals surface area contributed by atoms with E-state index in [-0.39, 0.29) is 5.92 Å². The number of rotatable bonds is 5. The number of nitrogens with zero attached hydrogens (tertiary/aromatic N) is 1. The molecule has 0 saturated carbocycles. The van der Waals surface area contributed by atoms with E-state index >= 15 is 0 Å². The third-order valence-corrected chi connectivity index (χ3v) is 10.7. The van der Waals surface area contributed by atoms with Crippen molar-refractivity contribution in [2.24, 2.45) is 5.92 Å². The van der Waals surface area contributed by atoms with Crippen molar-refractivity contribution in [1.29, 1.82) is 0 Å². The van der Waals surface area contributed by atoms with Gasteiger partial charge in [0.05, 0.1) is 11.0 Å². The maximum Gasteiger partial charge on any atom is 0.135 e. The molecule has 2 nitrogen and oxygen atoms in total. The first-order chi connectivity index (χ1) is 24.8. The molecule has 2 unspecified atom stereocenters. The zero-order valence-electron chi connectivity index (χ0n) is 27.7. The summed E-state index contributed by atoms with van der Waals surface area (Å²) in [5.41, 5.74) is 13.2. The second-order valence-electron chi connectivity index (χ2n) is 13.6. The van der Waals surface area contributed by atoms with Gasteiger partial charge in [0, 0.05) is 44.6 Å². The molecule has 0 saturated heterocycles. The van der Waals surface area contributed by atoms with Gasteiger partial charge in [-0.15, -0.1) is 0 Å². The van der Waals surface area contributed by atoms with E-state index in [9.17, 15) is 0 Å². The van der Waals surface area contributed by atoms with E-state index in [4.69, 9.17) is 4.42 Å². The number of aromatic nitrogens is 1. The normalized spacial score (nSPS) is 17.5. The van der Waals surface area contributed by atoms with Gasteiger partial charge in [0.25, 0.3) is 0 Å². The molecule has 8 aromatic rings. The van der Waals surface area contributed by atoms with E-state index in [2.05, 4.69) is 181 Å². The molecule has 50 heavy (non-hydrogen) atoms. The predicted molar refractivity (Wildman–Crippen MR) is 210 cm³/mol. The van der Waals surface area contributed by atoms with Crippen LogP contribution in [0.3, 0.4) is 0 Å². The molecule has 0 bridgehead atoms. The molecule has 238 valence electrons. The number of furan rings is 1. The van der Waals surface area contributed by atoms with Crippen LogP contribution in [0.15, 0.2) is 186 Å². The average Bonchev–Trinajstić information content (AvgIpc) is 3.74. The van der Waals surface area contributed by atoms with Crippen molar-refractivity contribution in [1.82, 2.24) is 4.57 Å². The first kappa shape index (κ1) is 28.9. The first-order valence-electron chi connectivity index (χ1n) is 17.6. The smallest absolute Gasteiger partial charge is 0.135 e. The molecule has 0 spiro atoms. The van der Waals surface area contributed by atoms with Crippen LogP contribution in [0.25, 0.3) is 66.1 Å². The highest BCUT2D eigenvalue weighted by Crippen LogP contribution is 2.43. The molecule has 0 radical (unpaired) electrons. The van der Waals surface area contributed by atoms with Crippen LogP contribution in [-0.4, -0.2) is 4.57 Å². The molecule has 2 heterocycles.